The number of carbonyl (C=O) groups excluding carboxylic acids is 1. The Balaban J connectivity index is 1.72. The zero-order valence-electron chi connectivity index (χ0n) is 16.8. The first kappa shape index (κ1) is 21.9. The van der Waals surface area contributed by atoms with E-state index in [4.69, 9.17) is 0 Å². The van der Waals surface area contributed by atoms with Crippen LogP contribution in [0.25, 0.3) is 11.2 Å². The number of alkyl halides is 3. The highest BCUT2D eigenvalue weighted by Crippen LogP contribution is 2.29. The van der Waals surface area contributed by atoms with Crippen LogP contribution in [-0.4, -0.2) is 20.3 Å². The van der Waals surface area contributed by atoms with Gasteiger partial charge in [0.2, 0.25) is 0 Å². The average Bonchev–Trinajstić information content (AvgIpc) is 2.99. The van der Waals surface area contributed by atoms with Crippen molar-refractivity contribution in [1.82, 2.24) is 14.5 Å². The Bertz CT molecular complexity index is 1020. The summed E-state index contributed by atoms with van der Waals surface area (Å²) in [6.07, 6.45) is -3.01. The second kappa shape index (κ2) is 8.93. The van der Waals surface area contributed by atoms with E-state index in [1.165, 1.54) is 18.2 Å². The molecule has 0 aliphatic heterocycles. The number of rotatable bonds is 8. The van der Waals surface area contributed by atoms with E-state index in [0.29, 0.717) is 37.1 Å². The fraction of sp³-hybridized carbons (Fsp3) is 0.409. The molecular weight excluding hydrogens is 398 g/mol. The molecule has 30 heavy (non-hydrogen) atoms. The van der Waals surface area contributed by atoms with Gasteiger partial charge < -0.3 is 4.57 Å². The molecule has 4 nitrogen and oxygen atoms in total. The van der Waals surface area contributed by atoms with E-state index in [2.05, 4.69) is 9.97 Å². The van der Waals surface area contributed by atoms with Crippen LogP contribution in [0.4, 0.5) is 17.6 Å². The third-order valence-electron chi connectivity index (χ3n) is 4.68. The number of nitrogens with zero attached hydrogens (tertiary/aromatic N) is 3. The van der Waals surface area contributed by atoms with Gasteiger partial charge in [0.05, 0.1) is 0 Å². The predicted molar refractivity (Wildman–Crippen MR) is 105 cm³/mol. The highest BCUT2D eigenvalue weighted by molar-refractivity contribution is 5.80. The van der Waals surface area contributed by atoms with Crippen molar-refractivity contribution in [3.05, 3.63) is 59.3 Å². The number of aromatic nitrogens is 3. The Morgan fingerprint density at radius 3 is 2.40 bits per heavy atom. The molecule has 0 aliphatic rings. The molecule has 3 aromatic rings. The van der Waals surface area contributed by atoms with Gasteiger partial charge in [-0.15, -0.1) is 0 Å². The van der Waals surface area contributed by atoms with E-state index < -0.39 is 11.9 Å². The summed E-state index contributed by atoms with van der Waals surface area (Å²) in [6.45, 7) is 4.43. The summed E-state index contributed by atoms with van der Waals surface area (Å²) in [7, 11) is 0. The van der Waals surface area contributed by atoms with Crippen LogP contribution < -0.4 is 0 Å². The lowest BCUT2D eigenvalue weighted by molar-refractivity contribution is -0.141. The van der Waals surface area contributed by atoms with Crippen molar-refractivity contribution in [3.8, 4) is 0 Å². The van der Waals surface area contributed by atoms with Gasteiger partial charge in [-0.05, 0) is 42.2 Å². The molecule has 0 atom stereocenters. The van der Waals surface area contributed by atoms with Gasteiger partial charge in [-0.25, -0.2) is 14.4 Å². The van der Waals surface area contributed by atoms with E-state index in [9.17, 15) is 22.4 Å². The first-order valence-corrected chi connectivity index (χ1v) is 9.83. The van der Waals surface area contributed by atoms with Crippen molar-refractivity contribution in [2.24, 2.45) is 5.92 Å². The lowest BCUT2D eigenvalue weighted by Crippen LogP contribution is -2.12. The molecule has 0 radical (unpaired) electrons. The van der Waals surface area contributed by atoms with Gasteiger partial charge in [0, 0.05) is 25.8 Å². The molecule has 0 fully saturated rings. The summed E-state index contributed by atoms with van der Waals surface area (Å²) in [4.78, 5) is 20.5. The van der Waals surface area contributed by atoms with Gasteiger partial charge >= 0.3 is 6.18 Å². The molecule has 2 aromatic heterocycles. The molecule has 0 amide bonds. The molecule has 0 N–H and O–H groups in total. The van der Waals surface area contributed by atoms with E-state index in [1.807, 2.05) is 13.8 Å². The van der Waals surface area contributed by atoms with Crippen LogP contribution >= 0.6 is 0 Å². The van der Waals surface area contributed by atoms with Crippen molar-refractivity contribution in [2.45, 2.75) is 52.3 Å². The minimum Gasteiger partial charge on any atom is -0.312 e. The molecular formula is C22H23F4N3O. The smallest absolute Gasteiger partial charge is 0.312 e. The number of pyridine rings is 1. The first-order chi connectivity index (χ1) is 14.1. The molecule has 3 rings (SSSR count). The largest absolute Gasteiger partial charge is 0.433 e. The minimum atomic E-state index is -4.52. The Morgan fingerprint density at radius 2 is 1.77 bits per heavy atom. The van der Waals surface area contributed by atoms with Crippen LogP contribution in [0.5, 0.6) is 0 Å². The maximum absolute atomic E-state index is 13.1. The normalized spacial score (nSPS) is 12.1. The highest BCUT2D eigenvalue weighted by Gasteiger charge is 2.33. The summed E-state index contributed by atoms with van der Waals surface area (Å²) < 4.78 is 53.9. The van der Waals surface area contributed by atoms with Gasteiger partial charge in [-0.2, -0.15) is 13.2 Å². The number of hydrogen-bond acceptors (Lipinski definition) is 3. The average molecular weight is 421 g/mol. The van der Waals surface area contributed by atoms with Crippen LogP contribution in [0.1, 0.15) is 43.8 Å². The standard InChI is InChI=1S/C22H23F4N3O/c1-14(2)13-29-20(27-18-10-11-19(22(24,25)26)28-21(18)29)5-3-4-17(30)12-15-6-8-16(23)9-7-15/h6-11,14H,3-5,12-13H2,1-2H3. The second-order valence-corrected chi connectivity index (χ2v) is 7.76. The lowest BCUT2D eigenvalue weighted by atomic mass is 10.0. The maximum Gasteiger partial charge on any atom is 0.433 e. The van der Waals surface area contributed by atoms with Crippen molar-refractivity contribution in [2.75, 3.05) is 0 Å². The van der Waals surface area contributed by atoms with Crippen molar-refractivity contribution in [1.29, 1.82) is 0 Å². The van der Waals surface area contributed by atoms with E-state index in [0.717, 1.165) is 11.6 Å². The molecule has 2 heterocycles. The number of imidazole rings is 1. The molecule has 0 spiro atoms. The van der Waals surface area contributed by atoms with E-state index >= 15 is 0 Å². The molecule has 0 saturated carbocycles. The number of benzene rings is 1. The van der Waals surface area contributed by atoms with Crippen LogP contribution in [0, 0.1) is 11.7 Å². The number of ketones is 1. The topological polar surface area (TPSA) is 47.8 Å². The zero-order chi connectivity index (χ0) is 21.9. The molecule has 8 heteroatoms. The Morgan fingerprint density at radius 1 is 1.07 bits per heavy atom. The SMILES string of the molecule is CC(C)Cn1c(CCCC(=O)Cc2ccc(F)cc2)nc2ccc(C(F)(F)F)nc21. The van der Waals surface area contributed by atoms with Crippen molar-refractivity contribution >= 4 is 16.9 Å². The maximum atomic E-state index is 13.1. The first-order valence-electron chi connectivity index (χ1n) is 9.83. The molecule has 0 unspecified atom stereocenters. The lowest BCUT2D eigenvalue weighted by Gasteiger charge is -2.12. The van der Waals surface area contributed by atoms with Gasteiger partial charge in [-0.3, -0.25) is 4.79 Å². The highest BCUT2D eigenvalue weighted by atomic mass is 19.4. The van der Waals surface area contributed by atoms with Crippen LogP contribution in [-0.2, 0) is 30.4 Å². The second-order valence-electron chi connectivity index (χ2n) is 7.76. The molecule has 160 valence electrons. The molecule has 1 aromatic carbocycles. The number of fused-ring (bicyclic) bond motifs is 1. The van der Waals surface area contributed by atoms with E-state index in [-0.39, 0.29) is 29.6 Å². The summed E-state index contributed by atoms with van der Waals surface area (Å²) in [5, 5.41) is 0. The summed E-state index contributed by atoms with van der Waals surface area (Å²) in [5.74, 6) is 0.487. The fourth-order valence-electron chi connectivity index (χ4n) is 3.32. The van der Waals surface area contributed by atoms with Crippen molar-refractivity contribution < 1.29 is 22.4 Å². The Kier molecular flexibility index (Phi) is 6.53. The summed E-state index contributed by atoms with van der Waals surface area (Å²) in [6, 6.07) is 8.08. The number of halogens is 4. The number of carbonyl (C=O) groups is 1. The Labute approximate surface area is 172 Å². The van der Waals surface area contributed by atoms with E-state index in [1.54, 1.807) is 16.7 Å². The number of Topliss-reactive ketones (excluding diaryl/α,β-unsaturated/α-hetero) is 1. The summed E-state index contributed by atoms with van der Waals surface area (Å²) >= 11 is 0. The predicted octanol–water partition coefficient (Wildman–Crippen LogP) is 5.38. The fourth-order valence-corrected chi connectivity index (χ4v) is 3.32. The number of hydrogen-bond donors (Lipinski definition) is 0. The summed E-state index contributed by atoms with van der Waals surface area (Å²) in [5.41, 5.74) is 0.431. The van der Waals surface area contributed by atoms with Gasteiger partial charge in [0.1, 0.15) is 28.6 Å². The zero-order valence-corrected chi connectivity index (χ0v) is 16.8. The van der Waals surface area contributed by atoms with Gasteiger partial charge in [0.25, 0.3) is 0 Å². The molecule has 0 aliphatic carbocycles. The molecule has 0 bridgehead atoms. The van der Waals surface area contributed by atoms with Crippen molar-refractivity contribution in [3.63, 3.8) is 0 Å². The quantitative estimate of drug-likeness (QED) is 0.459. The number of aryl methyl sites for hydroxylation is 1. The van der Waals surface area contributed by atoms with Crippen LogP contribution in [0.3, 0.4) is 0 Å². The van der Waals surface area contributed by atoms with Crippen LogP contribution in [0.15, 0.2) is 36.4 Å². The van der Waals surface area contributed by atoms with Gasteiger partial charge in [-0.1, -0.05) is 26.0 Å². The van der Waals surface area contributed by atoms with Crippen LogP contribution in [0.2, 0.25) is 0 Å². The Hall–Kier alpha value is -2.77. The third kappa shape index (κ3) is 5.43. The minimum absolute atomic E-state index is 0.0191. The monoisotopic (exact) mass is 421 g/mol. The molecule has 0 saturated heterocycles. The third-order valence-corrected chi connectivity index (χ3v) is 4.68. The van der Waals surface area contributed by atoms with Gasteiger partial charge in [0.15, 0.2) is 5.65 Å².